The number of aromatic amines is 1. The zero-order valence-corrected chi connectivity index (χ0v) is 35.6. The van der Waals surface area contributed by atoms with E-state index < -0.39 is 31.4 Å². The fourth-order valence-electron chi connectivity index (χ4n) is 8.07. The number of pyridine rings is 1. The highest BCUT2D eigenvalue weighted by Gasteiger charge is 2.31. The van der Waals surface area contributed by atoms with E-state index in [1.807, 2.05) is 18.2 Å². The van der Waals surface area contributed by atoms with E-state index in [2.05, 4.69) is 55.8 Å². The second kappa shape index (κ2) is 17.8. The lowest BCUT2D eigenvalue weighted by atomic mass is 9.72. The van der Waals surface area contributed by atoms with Gasteiger partial charge in [-0.1, -0.05) is 43.2 Å². The molecule has 0 radical (unpaired) electrons. The van der Waals surface area contributed by atoms with Crippen LogP contribution in [0, 0.1) is 15.5 Å². The lowest BCUT2D eigenvalue weighted by Crippen LogP contribution is -2.47. The van der Waals surface area contributed by atoms with Gasteiger partial charge in [0.2, 0.25) is 0 Å². The van der Waals surface area contributed by atoms with E-state index >= 15 is 0 Å². The van der Waals surface area contributed by atoms with Gasteiger partial charge < -0.3 is 29.4 Å². The average molecular weight is 870 g/mol. The molecule has 0 saturated carbocycles. The third-order valence-corrected chi connectivity index (χ3v) is 13.0. The number of aromatic nitrogens is 2. The van der Waals surface area contributed by atoms with E-state index in [-0.39, 0.29) is 35.1 Å². The minimum Gasteiger partial charge on any atom is -0.455 e. The molecule has 320 valence electrons. The molecule has 2 fully saturated rings. The van der Waals surface area contributed by atoms with Crippen molar-refractivity contribution >= 4 is 61.2 Å². The van der Waals surface area contributed by atoms with Crippen molar-refractivity contribution < 1.29 is 32.3 Å². The van der Waals surface area contributed by atoms with Crippen LogP contribution < -0.4 is 19.7 Å². The number of halogens is 1. The molecule has 0 bridgehead atoms. The fourth-order valence-corrected chi connectivity index (χ4v) is 9.19. The Morgan fingerprint density at radius 1 is 1.05 bits per heavy atom. The van der Waals surface area contributed by atoms with Crippen LogP contribution in [0.1, 0.15) is 49.0 Å². The van der Waals surface area contributed by atoms with Crippen molar-refractivity contribution in [1.29, 1.82) is 0 Å². The Kier molecular flexibility index (Phi) is 12.3. The maximum absolute atomic E-state index is 13.9. The first-order valence-corrected chi connectivity index (χ1v) is 22.1. The summed E-state index contributed by atoms with van der Waals surface area (Å²) in [6, 6.07) is 20.2. The molecule has 2 aromatic heterocycles. The molecule has 8 rings (SSSR count). The Bertz CT molecular complexity index is 2570. The van der Waals surface area contributed by atoms with Crippen LogP contribution in [0.5, 0.6) is 11.5 Å². The van der Waals surface area contributed by atoms with Crippen molar-refractivity contribution in [3.63, 3.8) is 0 Å². The van der Waals surface area contributed by atoms with Crippen molar-refractivity contribution in [3.05, 3.63) is 117 Å². The third-order valence-electron chi connectivity index (χ3n) is 11.5. The number of piperazine rings is 1. The molecule has 1 unspecified atom stereocenters. The number of nitro groups is 1. The molecule has 61 heavy (non-hydrogen) atoms. The van der Waals surface area contributed by atoms with Crippen molar-refractivity contribution in [2.75, 3.05) is 69.3 Å². The van der Waals surface area contributed by atoms with Gasteiger partial charge in [0, 0.05) is 73.7 Å². The average Bonchev–Trinajstić information content (AvgIpc) is 3.72. The van der Waals surface area contributed by atoms with Crippen LogP contribution in [0.25, 0.3) is 16.6 Å². The Balaban J connectivity index is 1.00. The summed E-state index contributed by atoms with van der Waals surface area (Å²) in [5.74, 6) is -0.511. The number of nitrogens with one attached hydrogen (secondary N) is 3. The van der Waals surface area contributed by atoms with Crippen molar-refractivity contribution in [2.24, 2.45) is 5.41 Å². The zero-order chi connectivity index (χ0) is 42.7. The normalized spacial score (nSPS) is 18.5. The van der Waals surface area contributed by atoms with E-state index in [0.717, 1.165) is 74.1 Å². The Morgan fingerprint density at radius 3 is 2.61 bits per heavy atom. The number of nitrogens with zero attached hydrogens (tertiary/aromatic N) is 4. The predicted molar refractivity (Wildman–Crippen MR) is 234 cm³/mol. The first-order valence-electron chi connectivity index (χ1n) is 20.3. The fraction of sp³-hybridized carbons (Fsp3) is 0.364. The first-order chi connectivity index (χ1) is 29.3. The molecule has 17 heteroatoms. The maximum Gasteiger partial charge on any atom is 0.293 e. The van der Waals surface area contributed by atoms with Gasteiger partial charge in [-0.3, -0.25) is 19.8 Å². The highest BCUT2D eigenvalue weighted by Crippen LogP contribution is 2.43. The van der Waals surface area contributed by atoms with Crippen LogP contribution >= 0.6 is 11.6 Å². The third kappa shape index (κ3) is 10.0. The minimum absolute atomic E-state index is 0.0514. The standard InChI is InChI=1S/C44H48ClN7O8S/c1-44(2)13-11-31(38(24-44)29-3-5-32(45)6-4-29)27-50-15-17-51(18-16-50)33-7-9-37(41(22-33)60-34-21-30-12-14-46-42(30)48-25-34)43(53)49-61(56,57)36-8-10-39(40(23-36)52(54)55)47-26-35-28-58-19-20-59-35/h3-10,12,14,21-23,25,35,47H,11,13,15-20,24,26-28H2,1-2H3,(H,46,48)(H,49,53). The van der Waals surface area contributed by atoms with Gasteiger partial charge in [-0.15, -0.1) is 0 Å². The molecule has 2 aliphatic heterocycles. The van der Waals surface area contributed by atoms with Crippen LogP contribution in [-0.4, -0.2) is 99.3 Å². The molecule has 5 aromatic rings. The number of allylic oxidation sites excluding steroid dienone is 1. The second-order valence-corrected chi connectivity index (χ2v) is 18.5. The van der Waals surface area contributed by atoms with E-state index in [9.17, 15) is 23.3 Å². The number of hydrogen-bond donors (Lipinski definition) is 3. The molecule has 0 spiro atoms. The lowest BCUT2D eigenvalue weighted by molar-refractivity contribution is -0.384. The number of amides is 1. The van der Waals surface area contributed by atoms with Gasteiger partial charge in [0.25, 0.3) is 21.6 Å². The van der Waals surface area contributed by atoms with E-state index in [1.165, 1.54) is 41.1 Å². The first kappa shape index (κ1) is 42.2. The van der Waals surface area contributed by atoms with E-state index in [4.69, 9.17) is 25.8 Å². The van der Waals surface area contributed by atoms with Gasteiger partial charge in [-0.2, -0.15) is 0 Å². The number of anilines is 2. The molecule has 15 nitrogen and oxygen atoms in total. The van der Waals surface area contributed by atoms with Crippen LogP contribution in [0.3, 0.4) is 0 Å². The highest BCUT2D eigenvalue weighted by molar-refractivity contribution is 7.90. The van der Waals surface area contributed by atoms with Gasteiger partial charge in [-0.25, -0.2) is 18.1 Å². The SMILES string of the molecule is CC1(C)CCC(CN2CCN(c3ccc(C(=O)NS(=O)(=O)c4ccc(NCC5COCCO5)c([N+](=O)[O-])c4)c(Oc4cnc5[nH]ccc5c4)c3)CC2)=C(c2ccc(Cl)cc2)C1. The molecular weight excluding hydrogens is 822 g/mol. The van der Waals surface area contributed by atoms with Crippen LogP contribution in [-0.2, 0) is 19.5 Å². The number of rotatable bonds is 13. The van der Waals surface area contributed by atoms with E-state index in [0.29, 0.717) is 31.2 Å². The van der Waals surface area contributed by atoms with Crippen molar-refractivity contribution in [2.45, 2.75) is 44.1 Å². The number of benzene rings is 3. The lowest BCUT2D eigenvalue weighted by Gasteiger charge is -2.39. The number of H-pyrrole nitrogens is 1. The molecular formula is C44H48ClN7O8S. The summed E-state index contributed by atoms with van der Waals surface area (Å²) in [4.78, 5) is 36.9. The monoisotopic (exact) mass is 869 g/mol. The number of nitro benzene ring substituents is 1. The van der Waals surface area contributed by atoms with Crippen LogP contribution in [0.2, 0.25) is 5.02 Å². The van der Waals surface area contributed by atoms with Crippen LogP contribution in [0.4, 0.5) is 17.1 Å². The smallest absolute Gasteiger partial charge is 0.293 e. The summed E-state index contributed by atoms with van der Waals surface area (Å²) in [5, 5.41) is 16.5. The van der Waals surface area contributed by atoms with Gasteiger partial charge in [0.1, 0.15) is 22.8 Å². The molecule has 3 aliphatic rings. The summed E-state index contributed by atoms with van der Waals surface area (Å²) < 4.78 is 46.7. The number of sulfonamides is 1. The minimum atomic E-state index is -4.58. The number of fused-ring (bicyclic) bond motifs is 1. The summed E-state index contributed by atoms with van der Waals surface area (Å²) in [5.41, 5.74) is 5.34. The van der Waals surface area contributed by atoms with E-state index in [1.54, 1.807) is 24.4 Å². The summed E-state index contributed by atoms with van der Waals surface area (Å²) in [7, 11) is -4.58. The maximum atomic E-state index is 13.9. The number of hydrogen-bond acceptors (Lipinski definition) is 12. The molecule has 3 aromatic carbocycles. The Labute approximate surface area is 359 Å². The molecule has 1 atom stereocenters. The number of carbonyl (C=O) groups excluding carboxylic acids is 1. The van der Waals surface area contributed by atoms with Gasteiger partial charge in [0.15, 0.2) is 0 Å². The second-order valence-electron chi connectivity index (χ2n) is 16.4. The predicted octanol–water partition coefficient (Wildman–Crippen LogP) is 7.65. The Morgan fingerprint density at radius 2 is 1.85 bits per heavy atom. The Hall–Kier alpha value is -5.52. The molecule has 2 saturated heterocycles. The van der Waals surface area contributed by atoms with Gasteiger partial charge in [-0.05, 0) is 84.3 Å². The summed E-state index contributed by atoms with van der Waals surface area (Å²) in [6.45, 7) is 10.0. The topological polar surface area (TPSA) is 181 Å². The van der Waals surface area contributed by atoms with Crippen molar-refractivity contribution in [1.82, 2.24) is 19.6 Å². The number of carbonyl (C=O) groups is 1. The summed E-state index contributed by atoms with van der Waals surface area (Å²) >= 11 is 6.24. The molecule has 3 N–H and O–H groups in total. The largest absolute Gasteiger partial charge is 0.455 e. The zero-order valence-electron chi connectivity index (χ0n) is 34.0. The molecule has 1 amide bonds. The van der Waals surface area contributed by atoms with Gasteiger partial charge in [0.05, 0.1) is 47.5 Å². The van der Waals surface area contributed by atoms with Crippen LogP contribution in [0.15, 0.2) is 95.7 Å². The highest BCUT2D eigenvalue weighted by atomic mass is 35.5. The quantitative estimate of drug-likeness (QED) is 0.0778. The number of ether oxygens (including phenoxy) is 3. The molecule has 4 heterocycles. The molecule has 1 aliphatic carbocycles. The van der Waals surface area contributed by atoms with Gasteiger partial charge >= 0.3 is 0 Å². The summed E-state index contributed by atoms with van der Waals surface area (Å²) in [6.07, 6.45) is 6.13. The van der Waals surface area contributed by atoms with Crippen molar-refractivity contribution in [3.8, 4) is 11.5 Å².